The van der Waals surface area contributed by atoms with Crippen LogP contribution in [0.5, 0.6) is 0 Å². The largest absolute Gasteiger partial charge is 0.467 e. The molecule has 2 heterocycles. The van der Waals surface area contributed by atoms with Gasteiger partial charge in [0.1, 0.15) is 0 Å². The molecule has 4 nitrogen and oxygen atoms in total. The van der Waals surface area contributed by atoms with Gasteiger partial charge in [0.15, 0.2) is 6.17 Å². The van der Waals surface area contributed by atoms with Gasteiger partial charge in [0.25, 0.3) is 0 Å². The van der Waals surface area contributed by atoms with Crippen LogP contribution in [0.2, 0.25) is 0 Å². The Hall–Kier alpha value is -0.610. The van der Waals surface area contributed by atoms with Gasteiger partial charge in [0.05, 0.1) is 7.11 Å². The minimum atomic E-state index is -0.124. The van der Waals surface area contributed by atoms with Crippen LogP contribution in [0.1, 0.15) is 38.5 Å². The van der Waals surface area contributed by atoms with Crippen molar-refractivity contribution < 1.29 is 9.53 Å². The molecule has 2 fully saturated rings. The highest BCUT2D eigenvalue weighted by molar-refractivity contribution is 5.75. The molecule has 0 N–H and O–H groups in total. The molecule has 0 spiro atoms. The number of likely N-dealkylation sites (tertiary alicyclic amines) is 2. The first-order chi connectivity index (χ1) is 8.33. The van der Waals surface area contributed by atoms with Gasteiger partial charge in [-0.05, 0) is 25.7 Å². The summed E-state index contributed by atoms with van der Waals surface area (Å²) in [6.07, 6.45) is 7.31. The summed E-state index contributed by atoms with van der Waals surface area (Å²) in [7, 11) is 1.50. The van der Waals surface area contributed by atoms with Gasteiger partial charge >= 0.3 is 5.97 Å². The second kappa shape index (κ2) is 6.36. The average Bonchev–Trinajstić information content (AvgIpc) is 2.41. The van der Waals surface area contributed by atoms with Crippen LogP contribution in [0.4, 0.5) is 0 Å². The van der Waals surface area contributed by atoms with E-state index in [0.29, 0.717) is 0 Å². The summed E-state index contributed by atoms with van der Waals surface area (Å²) < 4.78 is 5.00. The number of nitrogens with zero attached hydrogens (tertiary/aromatic N) is 2. The van der Waals surface area contributed by atoms with Gasteiger partial charge in [-0.1, -0.05) is 12.8 Å². The molecule has 2 rings (SSSR count). The lowest BCUT2D eigenvalue weighted by molar-refractivity contribution is -0.156. The van der Waals surface area contributed by atoms with E-state index in [1.165, 1.54) is 45.6 Å². The van der Waals surface area contributed by atoms with Gasteiger partial charge in [0.2, 0.25) is 0 Å². The number of methoxy groups -OCH3 is 1. The predicted molar refractivity (Wildman–Crippen MR) is 66.7 cm³/mol. The third-order valence-electron chi connectivity index (χ3n) is 3.89. The average molecular weight is 240 g/mol. The topological polar surface area (TPSA) is 32.8 Å². The predicted octanol–water partition coefficient (Wildman–Crippen LogP) is 1.46. The van der Waals surface area contributed by atoms with Gasteiger partial charge in [0, 0.05) is 26.2 Å². The van der Waals surface area contributed by atoms with E-state index in [1.54, 1.807) is 0 Å². The van der Waals surface area contributed by atoms with Crippen LogP contribution < -0.4 is 0 Å². The molecule has 0 aliphatic carbocycles. The monoisotopic (exact) mass is 240 g/mol. The molecular weight excluding hydrogens is 216 g/mol. The summed E-state index contributed by atoms with van der Waals surface area (Å²) in [6.45, 7) is 4.15. The van der Waals surface area contributed by atoms with E-state index in [9.17, 15) is 4.79 Å². The van der Waals surface area contributed by atoms with Crippen molar-refractivity contribution in [2.45, 2.75) is 44.7 Å². The molecule has 2 aliphatic rings. The molecule has 0 aromatic carbocycles. The molecule has 0 saturated carbocycles. The van der Waals surface area contributed by atoms with Crippen LogP contribution >= 0.6 is 0 Å². The van der Waals surface area contributed by atoms with Crippen molar-refractivity contribution in [2.24, 2.45) is 0 Å². The first-order valence-electron chi connectivity index (χ1n) is 6.89. The lowest BCUT2D eigenvalue weighted by Crippen LogP contribution is -2.56. The van der Waals surface area contributed by atoms with Crippen molar-refractivity contribution >= 4 is 5.97 Å². The summed E-state index contributed by atoms with van der Waals surface area (Å²) in [6, 6.07) is 0. The second-order valence-electron chi connectivity index (χ2n) is 5.09. The van der Waals surface area contributed by atoms with Crippen molar-refractivity contribution in [3.05, 3.63) is 0 Å². The lowest BCUT2D eigenvalue weighted by Gasteiger charge is -2.41. The summed E-state index contributed by atoms with van der Waals surface area (Å²) in [4.78, 5) is 16.6. The molecule has 2 aliphatic heterocycles. The van der Waals surface area contributed by atoms with E-state index in [1.807, 2.05) is 0 Å². The smallest absolute Gasteiger partial charge is 0.338 e. The van der Waals surface area contributed by atoms with E-state index in [2.05, 4.69) is 9.80 Å². The summed E-state index contributed by atoms with van der Waals surface area (Å²) >= 11 is 0. The molecule has 0 atom stereocenters. The molecule has 0 amide bonds. The minimum Gasteiger partial charge on any atom is -0.467 e. The van der Waals surface area contributed by atoms with Crippen LogP contribution in [-0.4, -0.2) is 55.2 Å². The Morgan fingerprint density at radius 1 is 0.882 bits per heavy atom. The van der Waals surface area contributed by atoms with E-state index in [-0.39, 0.29) is 12.1 Å². The van der Waals surface area contributed by atoms with Crippen molar-refractivity contribution in [3.63, 3.8) is 0 Å². The van der Waals surface area contributed by atoms with Gasteiger partial charge in [-0.2, -0.15) is 0 Å². The maximum atomic E-state index is 12.0. The molecular formula is C13H24N2O2. The van der Waals surface area contributed by atoms with Crippen molar-refractivity contribution in [3.8, 4) is 0 Å². The molecule has 0 radical (unpaired) electrons. The summed E-state index contributed by atoms with van der Waals surface area (Å²) in [5, 5.41) is 0. The van der Waals surface area contributed by atoms with E-state index in [4.69, 9.17) is 4.74 Å². The highest BCUT2D eigenvalue weighted by atomic mass is 16.5. The van der Waals surface area contributed by atoms with E-state index < -0.39 is 0 Å². The Morgan fingerprint density at radius 3 is 1.65 bits per heavy atom. The Balaban J connectivity index is 2.02. The van der Waals surface area contributed by atoms with Crippen molar-refractivity contribution in [1.82, 2.24) is 9.80 Å². The van der Waals surface area contributed by atoms with Crippen LogP contribution in [0, 0.1) is 0 Å². The maximum absolute atomic E-state index is 12.0. The second-order valence-corrected chi connectivity index (χ2v) is 5.09. The Bertz CT molecular complexity index is 228. The summed E-state index contributed by atoms with van der Waals surface area (Å²) in [5.41, 5.74) is 0. The van der Waals surface area contributed by atoms with Crippen LogP contribution in [0.15, 0.2) is 0 Å². The zero-order chi connectivity index (χ0) is 12.1. The van der Waals surface area contributed by atoms with E-state index in [0.717, 1.165) is 26.2 Å². The molecule has 17 heavy (non-hydrogen) atoms. The first-order valence-corrected chi connectivity index (χ1v) is 6.89. The van der Waals surface area contributed by atoms with Crippen LogP contribution in [0.3, 0.4) is 0 Å². The van der Waals surface area contributed by atoms with Crippen LogP contribution in [-0.2, 0) is 9.53 Å². The first kappa shape index (κ1) is 12.8. The number of hydrogen-bond acceptors (Lipinski definition) is 4. The zero-order valence-electron chi connectivity index (χ0n) is 10.9. The van der Waals surface area contributed by atoms with Crippen molar-refractivity contribution in [1.29, 1.82) is 0 Å². The number of piperidine rings is 2. The molecule has 4 heteroatoms. The van der Waals surface area contributed by atoms with Gasteiger partial charge in [-0.3, -0.25) is 9.80 Å². The molecule has 0 bridgehead atoms. The quantitative estimate of drug-likeness (QED) is 0.699. The fraction of sp³-hybridized carbons (Fsp3) is 0.923. The number of esters is 1. The number of hydrogen-bond donors (Lipinski definition) is 0. The number of carbonyl (C=O) groups is 1. The zero-order valence-corrected chi connectivity index (χ0v) is 10.9. The lowest BCUT2D eigenvalue weighted by atomic mass is 10.1. The third-order valence-corrected chi connectivity index (χ3v) is 3.89. The van der Waals surface area contributed by atoms with E-state index >= 15 is 0 Å². The molecule has 0 aromatic rings. The number of carbonyl (C=O) groups excluding carboxylic acids is 1. The fourth-order valence-corrected chi connectivity index (χ4v) is 2.96. The van der Waals surface area contributed by atoms with Crippen molar-refractivity contribution in [2.75, 3.05) is 33.3 Å². The highest BCUT2D eigenvalue weighted by Crippen LogP contribution is 2.19. The minimum absolute atomic E-state index is 0.0752. The third kappa shape index (κ3) is 3.19. The Kier molecular flexibility index (Phi) is 4.80. The normalized spacial score (nSPS) is 23.9. The molecule has 2 saturated heterocycles. The van der Waals surface area contributed by atoms with Gasteiger partial charge < -0.3 is 4.74 Å². The molecule has 98 valence electrons. The Morgan fingerprint density at radius 2 is 1.29 bits per heavy atom. The Labute approximate surface area is 104 Å². The maximum Gasteiger partial charge on any atom is 0.338 e. The summed E-state index contributed by atoms with van der Waals surface area (Å²) in [5.74, 6) is -0.0752. The SMILES string of the molecule is COC(=O)C(N1CCCCC1)N1CCCCC1. The van der Waals surface area contributed by atoms with Crippen LogP contribution in [0.25, 0.3) is 0 Å². The molecule has 0 unspecified atom stereocenters. The standard InChI is InChI=1S/C13H24N2O2/c1-17-13(16)12(14-8-4-2-5-9-14)15-10-6-3-7-11-15/h12H,2-11H2,1H3. The number of rotatable bonds is 3. The van der Waals surface area contributed by atoms with Gasteiger partial charge in [-0.15, -0.1) is 0 Å². The number of ether oxygens (including phenoxy) is 1. The highest BCUT2D eigenvalue weighted by Gasteiger charge is 2.33. The molecule has 0 aromatic heterocycles. The fourth-order valence-electron chi connectivity index (χ4n) is 2.96. The van der Waals surface area contributed by atoms with Gasteiger partial charge in [-0.25, -0.2) is 4.79 Å².